The van der Waals surface area contributed by atoms with Crippen LogP contribution in [0.2, 0.25) is 0 Å². The van der Waals surface area contributed by atoms with Gasteiger partial charge < -0.3 is 9.47 Å². The summed E-state index contributed by atoms with van der Waals surface area (Å²) < 4.78 is 10.9. The Bertz CT molecular complexity index is 546. The highest BCUT2D eigenvalue weighted by Crippen LogP contribution is 2.25. The van der Waals surface area contributed by atoms with E-state index in [1.54, 1.807) is 19.2 Å². The zero-order chi connectivity index (χ0) is 13.7. The molecular weight excluding hydrogens is 240 g/mol. The predicted octanol–water partition coefficient (Wildman–Crippen LogP) is 3.65. The van der Waals surface area contributed by atoms with E-state index in [2.05, 4.69) is 0 Å². The SMILES string of the molecule is COc1ccc(C(C)Oc2ccccc2C=O)cc1. The van der Waals surface area contributed by atoms with Crippen molar-refractivity contribution in [2.75, 3.05) is 7.11 Å². The zero-order valence-electron chi connectivity index (χ0n) is 11.0. The van der Waals surface area contributed by atoms with Gasteiger partial charge in [0.05, 0.1) is 12.7 Å². The number of hydrogen-bond donors (Lipinski definition) is 0. The number of ether oxygens (including phenoxy) is 2. The van der Waals surface area contributed by atoms with Crippen LogP contribution in [0.3, 0.4) is 0 Å². The van der Waals surface area contributed by atoms with Gasteiger partial charge in [-0.15, -0.1) is 0 Å². The Hall–Kier alpha value is -2.29. The van der Waals surface area contributed by atoms with Crippen LogP contribution in [0, 0.1) is 0 Å². The summed E-state index contributed by atoms with van der Waals surface area (Å²) in [4.78, 5) is 10.9. The molecule has 0 radical (unpaired) electrons. The highest BCUT2D eigenvalue weighted by molar-refractivity contribution is 5.79. The Kier molecular flexibility index (Phi) is 4.18. The van der Waals surface area contributed by atoms with Crippen molar-refractivity contribution in [3.8, 4) is 11.5 Å². The number of carbonyl (C=O) groups excluding carboxylic acids is 1. The van der Waals surface area contributed by atoms with Crippen LogP contribution in [-0.4, -0.2) is 13.4 Å². The molecule has 3 nitrogen and oxygen atoms in total. The van der Waals surface area contributed by atoms with Crippen molar-refractivity contribution in [2.24, 2.45) is 0 Å². The lowest BCUT2D eigenvalue weighted by molar-refractivity contribution is 0.111. The van der Waals surface area contributed by atoms with Crippen molar-refractivity contribution in [2.45, 2.75) is 13.0 Å². The van der Waals surface area contributed by atoms with Crippen LogP contribution < -0.4 is 9.47 Å². The summed E-state index contributed by atoms with van der Waals surface area (Å²) >= 11 is 0. The van der Waals surface area contributed by atoms with E-state index in [4.69, 9.17) is 9.47 Å². The predicted molar refractivity (Wildman–Crippen MR) is 73.9 cm³/mol. The number of methoxy groups -OCH3 is 1. The number of carbonyl (C=O) groups is 1. The summed E-state index contributed by atoms with van der Waals surface area (Å²) in [6.07, 6.45) is 0.669. The lowest BCUT2D eigenvalue weighted by atomic mass is 10.1. The molecule has 0 bridgehead atoms. The van der Waals surface area contributed by atoms with Gasteiger partial charge >= 0.3 is 0 Å². The molecular formula is C16H16O3. The molecule has 0 spiro atoms. The summed E-state index contributed by atoms with van der Waals surface area (Å²) in [7, 11) is 1.63. The number of rotatable bonds is 5. The first-order valence-electron chi connectivity index (χ1n) is 6.09. The minimum Gasteiger partial charge on any atom is -0.497 e. The molecule has 2 rings (SSSR count). The second-order valence-electron chi connectivity index (χ2n) is 4.19. The highest BCUT2D eigenvalue weighted by atomic mass is 16.5. The van der Waals surface area contributed by atoms with Gasteiger partial charge in [-0.25, -0.2) is 0 Å². The highest BCUT2D eigenvalue weighted by Gasteiger charge is 2.09. The first-order valence-corrected chi connectivity index (χ1v) is 6.09. The Labute approximate surface area is 112 Å². The monoisotopic (exact) mass is 256 g/mol. The van der Waals surface area contributed by atoms with Crippen molar-refractivity contribution < 1.29 is 14.3 Å². The van der Waals surface area contributed by atoms with E-state index in [9.17, 15) is 4.79 Å². The molecule has 2 aromatic carbocycles. The molecule has 0 aliphatic heterocycles. The van der Waals surface area contributed by atoms with Gasteiger partial charge in [0.1, 0.15) is 17.6 Å². The molecule has 0 heterocycles. The number of aldehydes is 1. The van der Waals surface area contributed by atoms with Gasteiger partial charge in [0.2, 0.25) is 0 Å². The minimum absolute atomic E-state index is 0.132. The van der Waals surface area contributed by atoms with E-state index in [-0.39, 0.29) is 6.10 Å². The lowest BCUT2D eigenvalue weighted by Gasteiger charge is -2.16. The molecule has 0 aromatic heterocycles. The van der Waals surface area contributed by atoms with E-state index in [0.717, 1.165) is 17.6 Å². The standard InChI is InChI=1S/C16H16O3/c1-12(13-7-9-15(18-2)10-8-13)19-16-6-4-3-5-14(16)11-17/h3-12H,1-2H3. The maximum atomic E-state index is 10.9. The number of hydrogen-bond acceptors (Lipinski definition) is 3. The summed E-state index contributed by atoms with van der Waals surface area (Å²) in [5, 5.41) is 0. The Morgan fingerprint density at radius 3 is 2.37 bits per heavy atom. The second kappa shape index (κ2) is 6.05. The molecule has 19 heavy (non-hydrogen) atoms. The van der Waals surface area contributed by atoms with Gasteiger partial charge in [-0.05, 0) is 36.8 Å². The maximum absolute atomic E-state index is 10.9. The largest absolute Gasteiger partial charge is 0.497 e. The molecule has 0 fully saturated rings. The van der Waals surface area contributed by atoms with E-state index < -0.39 is 0 Å². The topological polar surface area (TPSA) is 35.5 Å². The second-order valence-corrected chi connectivity index (χ2v) is 4.19. The average Bonchev–Trinajstić information content (AvgIpc) is 2.48. The first-order chi connectivity index (χ1) is 9.24. The molecule has 0 N–H and O–H groups in total. The third-order valence-electron chi connectivity index (χ3n) is 2.93. The van der Waals surface area contributed by atoms with Gasteiger partial charge in [0.25, 0.3) is 0 Å². The molecule has 0 aliphatic rings. The number of para-hydroxylation sites is 1. The fourth-order valence-corrected chi connectivity index (χ4v) is 1.82. The summed E-state index contributed by atoms with van der Waals surface area (Å²) in [6, 6.07) is 14.9. The third-order valence-corrected chi connectivity index (χ3v) is 2.93. The van der Waals surface area contributed by atoms with Crippen molar-refractivity contribution >= 4 is 6.29 Å². The quantitative estimate of drug-likeness (QED) is 0.766. The normalized spacial score (nSPS) is 11.7. The van der Waals surface area contributed by atoms with E-state index >= 15 is 0 Å². The summed E-state index contributed by atoms with van der Waals surface area (Å²) in [6.45, 7) is 1.95. The van der Waals surface area contributed by atoms with E-state index in [1.807, 2.05) is 43.3 Å². The molecule has 3 heteroatoms. The van der Waals surface area contributed by atoms with Gasteiger partial charge in [0.15, 0.2) is 6.29 Å². The van der Waals surface area contributed by atoms with Crippen LogP contribution in [-0.2, 0) is 0 Å². The fourth-order valence-electron chi connectivity index (χ4n) is 1.82. The average molecular weight is 256 g/mol. The van der Waals surface area contributed by atoms with Gasteiger partial charge in [0, 0.05) is 0 Å². The van der Waals surface area contributed by atoms with Crippen molar-refractivity contribution in [1.29, 1.82) is 0 Å². The molecule has 98 valence electrons. The van der Waals surface area contributed by atoms with Crippen molar-refractivity contribution in [3.05, 3.63) is 59.7 Å². The molecule has 0 saturated carbocycles. The van der Waals surface area contributed by atoms with E-state index in [0.29, 0.717) is 11.3 Å². The van der Waals surface area contributed by atoms with Crippen LogP contribution in [0.4, 0.5) is 0 Å². The minimum atomic E-state index is -0.132. The van der Waals surface area contributed by atoms with Crippen molar-refractivity contribution in [3.63, 3.8) is 0 Å². The lowest BCUT2D eigenvalue weighted by Crippen LogP contribution is -2.04. The van der Waals surface area contributed by atoms with E-state index in [1.165, 1.54) is 0 Å². The Morgan fingerprint density at radius 2 is 1.74 bits per heavy atom. The molecule has 0 amide bonds. The van der Waals surface area contributed by atoms with Crippen LogP contribution in [0.5, 0.6) is 11.5 Å². The Morgan fingerprint density at radius 1 is 1.05 bits per heavy atom. The van der Waals surface area contributed by atoms with Crippen LogP contribution in [0.1, 0.15) is 28.9 Å². The van der Waals surface area contributed by atoms with Gasteiger partial charge in [-0.3, -0.25) is 4.79 Å². The van der Waals surface area contributed by atoms with Crippen LogP contribution >= 0.6 is 0 Å². The third kappa shape index (κ3) is 3.13. The molecule has 2 aromatic rings. The van der Waals surface area contributed by atoms with Crippen LogP contribution in [0.15, 0.2) is 48.5 Å². The first kappa shape index (κ1) is 13.1. The molecule has 0 aliphatic carbocycles. The van der Waals surface area contributed by atoms with Crippen molar-refractivity contribution in [1.82, 2.24) is 0 Å². The number of benzene rings is 2. The Balaban J connectivity index is 2.15. The maximum Gasteiger partial charge on any atom is 0.153 e. The van der Waals surface area contributed by atoms with Gasteiger partial charge in [-0.2, -0.15) is 0 Å². The summed E-state index contributed by atoms with van der Waals surface area (Å²) in [5.41, 5.74) is 1.59. The summed E-state index contributed by atoms with van der Waals surface area (Å²) in [5.74, 6) is 1.41. The van der Waals surface area contributed by atoms with Gasteiger partial charge in [-0.1, -0.05) is 24.3 Å². The fraction of sp³-hybridized carbons (Fsp3) is 0.188. The molecule has 0 saturated heterocycles. The smallest absolute Gasteiger partial charge is 0.153 e. The van der Waals surface area contributed by atoms with Crippen LogP contribution in [0.25, 0.3) is 0 Å². The molecule has 1 atom stereocenters. The molecule has 1 unspecified atom stereocenters. The zero-order valence-corrected chi connectivity index (χ0v) is 11.0.